The number of pyridine rings is 1. The fourth-order valence-electron chi connectivity index (χ4n) is 4.20. The highest BCUT2D eigenvalue weighted by Gasteiger charge is 2.16. The number of aromatic amines is 2. The number of nitrogens with zero attached hydrogens (tertiary/aromatic N) is 3. The van der Waals surface area contributed by atoms with Gasteiger partial charge in [0.15, 0.2) is 11.5 Å². The number of ether oxygens (including phenoxy) is 2. The lowest BCUT2D eigenvalue weighted by Gasteiger charge is -2.15. The number of methoxy groups -OCH3 is 1. The van der Waals surface area contributed by atoms with Crippen molar-refractivity contribution < 1.29 is 9.47 Å². The number of H-pyrrole nitrogens is 2. The number of nitrogens with one attached hydrogen (secondary N) is 2. The van der Waals surface area contributed by atoms with Crippen LogP contribution in [0.1, 0.15) is 19.3 Å². The Kier molecular flexibility index (Phi) is 6.11. The van der Waals surface area contributed by atoms with E-state index in [1.165, 1.54) is 25.9 Å². The Labute approximate surface area is 181 Å². The summed E-state index contributed by atoms with van der Waals surface area (Å²) < 4.78 is 11.7. The van der Waals surface area contributed by atoms with Gasteiger partial charge in [0.1, 0.15) is 0 Å². The molecule has 1 fully saturated rings. The number of fused-ring (bicyclic) bond motifs is 3. The summed E-state index contributed by atoms with van der Waals surface area (Å²) in [7, 11) is 1.68. The molecular formula is C22H26ClN5O2. The third-order valence-corrected chi connectivity index (χ3v) is 5.64. The number of likely N-dealkylation sites (tertiary alicyclic amines) is 1. The van der Waals surface area contributed by atoms with E-state index in [9.17, 15) is 0 Å². The highest BCUT2D eigenvalue weighted by Crippen LogP contribution is 2.38. The van der Waals surface area contributed by atoms with Gasteiger partial charge < -0.3 is 19.4 Å². The van der Waals surface area contributed by atoms with Gasteiger partial charge in [-0.1, -0.05) is 0 Å². The van der Waals surface area contributed by atoms with Gasteiger partial charge in [0.2, 0.25) is 0 Å². The van der Waals surface area contributed by atoms with Crippen LogP contribution in [-0.2, 0) is 0 Å². The van der Waals surface area contributed by atoms with E-state index < -0.39 is 0 Å². The average molecular weight is 428 g/mol. The molecule has 1 aromatic carbocycles. The Bertz CT molecular complexity index is 1120. The number of hydrogen-bond donors (Lipinski definition) is 2. The first kappa shape index (κ1) is 20.5. The van der Waals surface area contributed by atoms with E-state index in [1.54, 1.807) is 13.3 Å². The van der Waals surface area contributed by atoms with E-state index in [-0.39, 0.29) is 12.4 Å². The summed E-state index contributed by atoms with van der Waals surface area (Å²) in [6.45, 7) is 4.21. The molecule has 7 nitrogen and oxygen atoms in total. The summed E-state index contributed by atoms with van der Waals surface area (Å²) in [5.74, 6) is 1.51. The second-order valence-electron chi connectivity index (χ2n) is 7.49. The molecule has 0 bridgehead atoms. The van der Waals surface area contributed by atoms with Crippen molar-refractivity contribution in [1.29, 1.82) is 0 Å². The van der Waals surface area contributed by atoms with Gasteiger partial charge in [-0.2, -0.15) is 5.10 Å². The summed E-state index contributed by atoms with van der Waals surface area (Å²) in [5.41, 5.74) is 3.88. The van der Waals surface area contributed by atoms with E-state index >= 15 is 0 Å². The molecule has 158 valence electrons. The third kappa shape index (κ3) is 3.82. The Morgan fingerprint density at radius 2 is 2.00 bits per heavy atom. The lowest BCUT2D eigenvalue weighted by molar-refractivity contribution is 0.254. The van der Waals surface area contributed by atoms with E-state index in [4.69, 9.17) is 9.47 Å². The van der Waals surface area contributed by atoms with Gasteiger partial charge in [0.05, 0.1) is 36.6 Å². The summed E-state index contributed by atoms with van der Waals surface area (Å²) in [4.78, 5) is 10.6. The molecule has 1 aliphatic rings. The van der Waals surface area contributed by atoms with Crippen molar-refractivity contribution in [2.75, 3.05) is 33.4 Å². The van der Waals surface area contributed by atoms with Gasteiger partial charge in [-0.15, -0.1) is 12.4 Å². The maximum Gasteiger partial charge on any atom is 0.163 e. The molecule has 0 spiro atoms. The van der Waals surface area contributed by atoms with Crippen molar-refractivity contribution in [3.05, 3.63) is 36.8 Å². The average Bonchev–Trinajstić information content (AvgIpc) is 3.51. The summed E-state index contributed by atoms with van der Waals surface area (Å²) in [6, 6.07) is 6.06. The maximum absolute atomic E-state index is 6.09. The minimum absolute atomic E-state index is 0. The van der Waals surface area contributed by atoms with Crippen molar-refractivity contribution >= 4 is 34.2 Å². The van der Waals surface area contributed by atoms with Crippen molar-refractivity contribution in [3.63, 3.8) is 0 Å². The molecule has 0 radical (unpaired) electrons. The molecule has 0 unspecified atom stereocenters. The first-order chi connectivity index (χ1) is 14.3. The van der Waals surface area contributed by atoms with Gasteiger partial charge in [0.25, 0.3) is 0 Å². The Morgan fingerprint density at radius 3 is 2.77 bits per heavy atom. The molecule has 5 rings (SSSR count). The maximum atomic E-state index is 6.09. The smallest absolute Gasteiger partial charge is 0.163 e. The van der Waals surface area contributed by atoms with Crippen LogP contribution in [0.3, 0.4) is 0 Å². The molecule has 0 atom stereocenters. The predicted molar refractivity (Wildman–Crippen MR) is 121 cm³/mol. The lowest BCUT2D eigenvalue weighted by atomic mass is 10.1. The van der Waals surface area contributed by atoms with Crippen LogP contribution in [0, 0.1) is 0 Å². The summed E-state index contributed by atoms with van der Waals surface area (Å²) >= 11 is 0. The normalized spacial score (nSPS) is 14.3. The van der Waals surface area contributed by atoms with Crippen molar-refractivity contribution in [1.82, 2.24) is 25.1 Å². The molecule has 30 heavy (non-hydrogen) atoms. The minimum Gasteiger partial charge on any atom is -0.493 e. The molecule has 4 heterocycles. The van der Waals surface area contributed by atoms with Crippen molar-refractivity contribution in [2.45, 2.75) is 19.3 Å². The molecular weight excluding hydrogens is 402 g/mol. The first-order valence-electron chi connectivity index (χ1n) is 10.2. The highest BCUT2D eigenvalue weighted by atomic mass is 35.5. The van der Waals surface area contributed by atoms with E-state index in [0.717, 1.165) is 57.5 Å². The molecule has 8 heteroatoms. The number of benzene rings is 1. The fourth-order valence-corrected chi connectivity index (χ4v) is 4.20. The van der Waals surface area contributed by atoms with Crippen molar-refractivity contribution in [3.8, 4) is 22.8 Å². The van der Waals surface area contributed by atoms with Gasteiger partial charge in [-0.25, -0.2) is 0 Å². The molecule has 2 N–H and O–H groups in total. The standard InChI is InChI=1S/C22H25N5O2.ClH/c1-28-19-11-16-18(12-20(19)29-10-4-9-27-7-2-3-8-27)26-17-5-6-23-22(21(16)17)15-13-24-25-14-15;/h5-6,11-14,26H,2-4,7-10H2,1H3,(H,24,25);1H. The second-order valence-corrected chi connectivity index (χ2v) is 7.49. The molecule has 0 aliphatic carbocycles. The Hall–Kier alpha value is -2.77. The summed E-state index contributed by atoms with van der Waals surface area (Å²) in [5, 5.41) is 9.05. The largest absolute Gasteiger partial charge is 0.493 e. The third-order valence-electron chi connectivity index (χ3n) is 5.64. The van der Waals surface area contributed by atoms with Crippen LogP contribution in [-0.4, -0.2) is 58.4 Å². The van der Waals surface area contributed by atoms with Crippen molar-refractivity contribution in [2.24, 2.45) is 0 Å². The zero-order valence-electron chi connectivity index (χ0n) is 17.0. The topological polar surface area (TPSA) is 79.1 Å². The monoisotopic (exact) mass is 427 g/mol. The predicted octanol–water partition coefficient (Wildman–Crippen LogP) is 4.40. The molecule has 1 saturated heterocycles. The first-order valence-corrected chi connectivity index (χ1v) is 10.2. The van der Waals surface area contributed by atoms with Crippen LogP contribution in [0.25, 0.3) is 33.1 Å². The van der Waals surface area contributed by atoms with Gasteiger partial charge >= 0.3 is 0 Å². The molecule has 0 amide bonds. The number of rotatable bonds is 7. The van der Waals surface area contributed by atoms with Crippen LogP contribution >= 0.6 is 12.4 Å². The Balaban J connectivity index is 0.00000218. The van der Waals surface area contributed by atoms with Gasteiger partial charge in [-0.05, 0) is 44.5 Å². The molecule has 4 aromatic rings. The highest BCUT2D eigenvalue weighted by molar-refractivity contribution is 6.13. The van der Waals surface area contributed by atoms with E-state index in [1.807, 2.05) is 30.6 Å². The van der Waals surface area contributed by atoms with Gasteiger partial charge in [0, 0.05) is 41.3 Å². The fraction of sp³-hybridized carbons (Fsp3) is 0.364. The SMILES string of the molecule is COc1cc2c(cc1OCCCN1CCCC1)[nH]c1ccnc(-c3cn[nH]c3)c12.Cl. The number of hydrogen-bond acceptors (Lipinski definition) is 5. The molecule has 3 aromatic heterocycles. The number of halogens is 1. The molecule has 1 aliphatic heterocycles. The summed E-state index contributed by atoms with van der Waals surface area (Å²) in [6.07, 6.45) is 9.11. The van der Waals surface area contributed by atoms with E-state index in [2.05, 4.69) is 25.1 Å². The zero-order chi connectivity index (χ0) is 19.6. The number of aromatic nitrogens is 4. The van der Waals surface area contributed by atoms with Crippen LogP contribution < -0.4 is 9.47 Å². The zero-order valence-corrected chi connectivity index (χ0v) is 17.8. The van der Waals surface area contributed by atoms with Crippen LogP contribution in [0.5, 0.6) is 11.5 Å². The van der Waals surface area contributed by atoms with Crippen LogP contribution in [0.15, 0.2) is 36.8 Å². The van der Waals surface area contributed by atoms with Gasteiger partial charge in [-0.3, -0.25) is 10.1 Å². The quantitative estimate of drug-likeness (QED) is 0.427. The van der Waals surface area contributed by atoms with E-state index in [0.29, 0.717) is 6.61 Å². The van der Waals surface area contributed by atoms with Crippen LogP contribution in [0.4, 0.5) is 0 Å². The Morgan fingerprint density at radius 1 is 1.13 bits per heavy atom. The minimum atomic E-state index is 0. The molecule has 0 saturated carbocycles. The second kappa shape index (κ2) is 8.93. The lowest BCUT2D eigenvalue weighted by Crippen LogP contribution is -2.21. The van der Waals surface area contributed by atoms with Crippen LogP contribution in [0.2, 0.25) is 0 Å².